The molecule has 2 unspecified atom stereocenters. The maximum Gasteiger partial charge on any atom is 0.270 e. The fourth-order valence-corrected chi connectivity index (χ4v) is 3.46. The van der Waals surface area contributed by atoms with Crippen LogP contribution in [-0.2, 0) is 0 Å². The standard InChI is InChI=1S/C11H15BrN2OS/c12-5-8-3-1-2-4-9(8)14-11(15)10-6-16-7-13-10/h6-9H,1-5H2,(H,14,15). The summed E-state index contributed by atoms with van der Waals surface area (Å²) < 4.78 is 0. The first-order chi connectivity index (χ1) is 7.81. The highest BCUT2D eigenvalue weighted by Crippen LogP contribution is 2.26. The minimum Gasteiger partial charge on any atom is -0.348 e. The van der Waals surface area contributed by atoms with Crippen molar-refractivity contribution < 1.29 is 4.79 Å². The maximum atomic E-state index is 11.9. The van der Waals surface area contributed by atoms with E-state index in [0.717, 1.165) is 11.8 Å². The molecule has 0 spiro atoms. The van der Waals surface area contributed by atoms with Crippen LogP contribution in [0.4, 0.5) is 0 Å². The van der Waals surface area contributed by atoms with Gasteiger partial charge in [-0.25, -0.2) is 4.98 Å². The highest BCUT2D eigenvalue weighted by atomic mass is 79.9. The van der Waals surface area contributed by atoms with E-state index in [9.17, 15) is 4.79 Å². The van der Waals surface area contributed by atoms with Gasteiger partial charge in [0.05, 0.1) is 5.51 Å². The molecule has 1 fully saturated rings. The maximum absolute atomic E-state index is 11.9. The van der Waals surface area contributed by atoms with Crippen LogP contribution in [0.1, 0.15) is 36.2 Å². The third kappa shape index (κ3) is 2.83. The minimum atomic E-state index is -0.0286. The van der Waals surface area contributed by atoms with Crippen LogP contribution in [0.5, 0.6) is 0 Å². The summed E-state index contributed by atoms with van der Waals surface area (Å²) in [6, 6.07) is 0.308. The summed E-state index contributed by atoms with van der Waals surface area (Å²) >= 11 is 4.98. The molecule has 1 aliphatic rings. The van der Waals surface area contributed by atoms with Crippen molar-refractivity contribution in [3.05, 3.63) is 16.6 Å². The first-order valence-electron chi connectivity index (χ1n) is 5.56. The molecule has 1 aromatic heterocycles. The van der Waals surface area contributed by atoms with Crippen molar-refractivity contribution in [1.29, 1.82) is 0 Å². The lowest BCUT2D eigenvalue weighted by atomic mass is 9.86. The first-order valence-corrected chi connectivity index (χ1v) is 7.62. The van der Waals surface area contributed by atoms with Gasteiger partial charge >= 0.3 is 0 Å². The zero-order valence-electron chi connectivity index (χ0n) is 8.99. The van der Waals surface area contributed by atoms with Crippen LogP contribution in [0.25, 0.3) is 0 Å². The quantitative estimate of drug-likeness (QED) is 0.873. The van der Waals surface area contributed by atoms with E-state index in [0.29, 0.717) is 17.7 Å². The zero-order chi connectivity index (χ0) is 11.4. The van der Waals surface area contributed by atoms with E-state index in [1.807, 2.05) is 0 Å². The molecule has 0 bridgehead atoms. The topological polar surface area (TPSA) is 42.0 Å². The van der Waals surface area contributed by atoms with Gasteiger partial charge in [0, 0.05) is 16.8 Å². The van der Waals surface area contributed by atoms with Gasteiger partial charge in [-0.2, -0.15) is 0 Å². The van der Waals surface area contributed by atoms with Crippen LogP contribution in [-0.4, -0.2) is 22.3 Å². The molecule has 0 aromatic carbocycles. The summed E-state index contributed by atoms with van der Waals surface area (Å²) in [5, 5.41) is 5.86. The number of carbonyl (C=O) groups excluding carboxylic acids is 1. The van der Waals surface area contributed by atoms with Gasteiger partial charge in [-0.3, -0.25) is 4.79 Å². The Hall–Kier alpha value is -0.420. The van der Waals surface area contributed by atoms with E-state index < -0.39 is 0 Å². The molecule has 2 atom stereocenters. The molecule has 88 valence electrons. The Morgan fingerprint density at radius 1 is 1.56 bits per heavy atom. The summed E-state index contributed by atoms with van der Waals surface area (Å²) in [6.45, 7) is 0. The third-order valence-electron chi connectivity index (χ3n) is 3.09. The lowest BCUT2D eigenvalue weighted by Gasteiger charge is -2.30. The number of thiazole rings is 1. The summed E-state index contributed by atoms with van der Waals surface area (Å²) in [5.41, 5.74) is 2.24. The monoisotopic (exact) mass is 302 g/mol. The smallest absolute Gasteiger partial charge is 0.270 e. The van der Waals surface area contributed by atoms with Crippen LogP contribution >= 0.6 is 27.3 Å². The number of halogens is 1. The van der Waals surface area contributed by atoms with E-state index in [-0.39, 0.29) is 5.91 Å². The number of aromatic nitrogens is 1. The molecule has 3 nitrogen and oxygen atoms in total. The van der Waals surface area contributed by atoms with Gasteiger partial charge in [-0.05, 0) is 18.8 Å². The van der Waals surface area contributed by atoms with Gasteiger partial charge in [-0.15, -0.1) is 11.3 Å². The number of carbonyl (C=O) groups is 1. The molecule has 1 saturated carbocycles. The van der Waals surface area contributed by atoms with Crippen LogP contribution < -0.4 is 5.32 Å². The van der Waals surface area contributed by atoms with Gasteiger partial charge in [-0.1, -0.05) is 28.8 Å². The Balaban J connectivity index is 1.95. The number of hydrogen-bond donors (Lipinski definition) is 1. The normalized spacial score (nSPS) is 25.3. The molecular formula is C11H15BrN2OS. The average molecular weight is 303 g/mol. The third-order valence-corrected chi connectivity index (χ3v) is 4.51. The number of nitrogens with zero attached hydrogens (tertiary/aromatic N) is 1. The molecule has 1 N–H and O–H groups in total. The van der Waals surface area contributed by atoms with Crippen molar-refractivity contribution in [1.82, 2.24) is 10.3 Å². The Bertz CT molecular complexity index is 342. The number of alkyl halides is 1. The number of amides is 1. The summed E-state index contributed by atoms with van der Waals surface area (Å²) in [4.78, 5) is 15.9. The van der Waals surface area contributed by atoms with Crippen molar-refractivity contribution >= 4 is 33.2 Å². The van der Waals surface area contributed by atoms with Crippen LogP contribution in [0.15, 0.2) is 10.9 Å². The van der Waals surface area contributed by atoms with Crippen molar-refractivity contribution in [2.45, 2.75) is 31.7 Å². The van der Waals surface area contributed by atoms with Crippen LogP contribution in [0, 0.1) is 5.92 Å². The number of hydrogen-bond acceptors (Lipinski definition) is 3. The molecule has 5 heteroatoms. The zero-order valence-corrected chi connectivity index (χ0v) is 11.4. The van der Waals surface area contributed by atoms with Crippen molar-refractivity contribution in [3.63, 3.8) is 0 Å². The van der Waals surface area contributed by atoms with Gasteiger partial charge in [0.15, 0.2) is 0 Å². The molecule has 0 saturated heterocycles. The highest BCUT2D eigenvalue weighted by molar-refractivity contribution is 9.09. The molecule has 0 aliphatic heterocycles. The van der Waals surface area contributed by atoms with E-state index in [2.05, 4.69) is 26.2 Å². The Labute approximate surface area is 108 Å². The lowest BCUT2D eigenvalue weighted by molar-refractivity contribution is 0.0907. The largest absolute Gasteiger partial charge is 0.348 e. The SMILES string of the molecule is O=C(NC1CCCCC1CBr)c1cscn1. The highest BCUT2D eigenvalue weighted by Gasteiger charge is 2.26. The summed E-state index contributed by atoms with van der Waals surface area (Å²) in [5.74, 6) is 0.537. The minimum absolute atomic E-state index is 0.0286. The fourth-order valence-electron chi connectivity index (χ4n) is 2.15. The van der Waals surface area contributed by atoms with Crippen molar-refractivity contribution in [3.8, 4) is 0 Å². The van der Waals surface area contributed by atoms with E-state index in [4.69, 9.17) is 0 Å². The van der Waals surface area contributed by atoms with Crippen molar-refractivity contribution in [2.75, 3.05) is 5.33 Å². The molecule has 1 aromatic rings. The van der Waals surface area contributed by atoms with E-state index >= 15 is 0 Å². The van der Waals surface area contributed by atoms with Crippen molar-refractivity contribution in [2.24, 2.45) is 5.92 Å². The van der Waals surface area contributed by atoms with Gasteiger partial charge < -0.3 is 5.32 Å². The van der Waals surface area contributed by atoms with Gasteiger partial charge in [0.1, 0.15) is 5.69 Å². The molecule has 0 radical (unpaired) electrons. The van der Waals surface area contributed by atoms with Crippen LogP contribution in [0.3, 0.4) is 0 Å². The van der Waals surface area contributed by atoms with Crippen LogP contribution in [0.2, 0.25) is 0 Å². The number of rotatable bonds is 3. The molecule has 16 heavy (non-hydrogen) atoms. The average Bonchev–Trinajstić information content (AvgIpc) is 2.83. The fraction of sp³-hybridized carbons (Fsp3) is 0.636. The second-order valence-electron chi connectivity index (χ2n) is 4.15. The number of nitrogens with one attached hydrogen (secondary N) is 1. The summed E-state index contributed by atoms with van der Waals surface area (Å²) in [6.07, 6.45) is 4.78. The predicted octanol–water partition coefficient (Wildman–Crippen LogP) is 2.83. The molecule has 2 rings (SSSR count). The lowest BCUT2D eigenvalue weighted by Crippen LogP contribution is -2.42. The molecule has 1 aliphatic carbocycles. The molecular weight excluding hydrogens is 288 g/mol. The Kier molecular flexibility index (Phi) is 4.35. The van der Waals surface area contributed by atoms with Gasteiger partial charge in [0.2, 0.25) is 0 Å². The van der Waals surface area contributed by atoms with E-state index in [1.54, 1.807) is 10.9 Å². The van der Waals surface area contributed by atoms with Gasteiger partial charge in [0.25, 0.3) is 5.91 Å². The first kappa shape index (κ1) is 12.0. The van der Waals surface area contributed by atoms with E-state index in [1.165, 1.54) is 30.6 Å². The molecule has 1 heterocycles. The second kappa shape index (κ2) is 5.77. The Morgan fingerprint density at radius 2 is 2.38 bits per heavy atom. The predicted molar refractivity (Wildman–Crippen MR) is 69.1 cm³/mol. The second-order valence-corrected chi connectivity index (χ2v) is 5.52. The Morgan fingerprint density at radius 3 is 3.06 bits per heavy atom. The molecule has 1 amide bonds. The summed E-state index contributed by atoms with van der Waals surface area (Å²) in [7, 11) is 0.